The molecule has 28 heavy (non-hydrogen) atoms. The van der Waals surface area contributed by atoms with Crippen molar-refractivity contribution in [1.29, 1.82) is 0 Å². The lowest BCUT2D eigenvalue weighted by Crippen LogP contribution is -2.48. The summed E-state index contributed by atoms with van der Waals surface area (Å²) in [6.45, 7) is 7.74. The molecule has 5 nitrogen and oxygen atoms in total. The average molecular weight is 454 g/mol. The molecule has 3 N–H and O–H groups in total. The third kappa shape index (κ3) is 8.05. The number of hydrogen-bond acceptors (Lipinski definition) is 4. The van der Waals surface area contributed by atoms with Crippen LogP contribution in [0.25, 0.3) is 0 Å². The van der Waals surface area contributed by atoms with Gasteiger partial charge in [-0.05, 0) is 30.9 Å². The summed E-state index contributed by atoms with van der Waals surface area (Å²) in [6.07, 6.45) is 3.26. The van der Waals surface area contributed by atoms with Gasteiger partial charge < -0.3 is 11.1 Å². The summed E-state index contributed by atoms with van der Waals surface area (Å²) in [6, 6.07) is 10.7. The molecule has 1 aromatic rings. The van der Waals surface area contributed by atoms with Gasteiger partial charge in [0.15, 0.2) is 0 Å². The lowest BCUT2D eigenvalue weighted by Gasteiger charge is -2.34. The lowest BCUT2D eigenvalue weighted by atomic mass is 9.95. The number of carbonyl (C=O) groups is 1. The van der Waals surface area contributed by atoms with Crippen molar-refractivity contribution in [3.63, 3.8) is 0 Å². The van der Waals surface area contributed by atoms with Crippen molar-refractivity contribution >= 4 is 43.1 Å². The van der Waals surface area contributed by atoms with Crippen LogP contribution in [0.3, 0.4) is 0 Å². The van der Waals surface area contributed by atoms with Crippen LogP contribution in [0.4, 0.5) is 0 Å². The lowest BCUT2D eigenvalue weighted by molar-refractivity contribution is -0.126. The van der Waals surface area contributed by atoms with E-state index in [4.69, 9.17) is 5.73 Å². The van der Waals surface area contributed by atoms with Crippen molar-refractivity contribution in [2.45, 2.75) is 25.8 Å². The Morgan fingerprint density at radius 3 is 2.29 bits per heavy atom. The molecule has 162 valence electrons. The predicted octanol–water partition coefficient (Wildman–Crippen LogP) is 2.56. The molecular formula is C20H35Cl3N4O. The second-order valence-electron chi connectivity index (χ2n) is 7.43. The molecule has 0 aromatic heterocycles. The van der Waals surface area contributed by atoms with E-state index in [9.17, 15) is 4.79 Å². The van der Waals surface area contributed by atoms with E-state index in [0.717, 1.165) is 65.1 Å². The average Bonchev–Trinajstić information content (AvgIpc) is 3.13. The first-order chi connectivity index (χ1) is 12.3. The van der Waals surface area contributed by atoms with Crippen molar-refractivity contribution in [3.8, 4) is 0 Å². The molecule has 2 atom stereocenters. The Hall–Kier alpha value is -0.560. The fourth-order valence-corrected chi connectivity index (χ4v) is 4.15. The first-order valence-corrected chi connectivity index (χ1v) is 9.72. The topological polar surface area (TPSA) is 61.6 Å². The molecule has 1 saturated carbocycles. The fraction of sp³-hybridized carbons (Fsp3) is 0.650. The third-order valence-electron chi connectivity index (χ3n) is 5.74. The number of hydrogen-bond donors (Lipinski definition) is 2. The highest BCUT2D eigenvalue weighted by atomic mass is 35.5. The molecule has 0 spiro atoms. The van der Waals surface area contributed by atoms with Crippen molar-refractivity contribution < 1.29 is 4.79 Å². The van der Waals surface area contributed by atoms with Crippen LogP contribution < -0.4 is 11.1 Å². The molecule has 1 aromatic carbocycles. The number of nitrogens with one attached hydrogen (secondary N) is 1. The molecule has 0 bridgehead atoms. The molecule has 1 aliphatic heterocycles. The smallest absolute Gasteiger partial charge is 0.223 e. The van der Waals surface area contributed by atoms with E-state index in [1.165, 1.54) is 5.56 Å². The molecule has 0 radical (unpaired) electrons. The quantitative estimate of drug-likeness (QED) is 0.666. The van der Waals surface area contributed by atoms with E-state index in [2.05, 4.69) is 45.4 Å². The molecule has 0 unspecified atom stereocenters. The van der Waals surface area contributed by atoms with Crippen molar-refractivity contribution in [3.05, 3.63) is 35.9 Å². The van der Waals surface area contributed by atoms with Gasteiger partial charge in [0.25, 0.3) is 0 Å². The number of amides is 1. The van der Waals surface area contributed by atoms with Crippen LogP contribution in [-0.4, -0.2) is 61.5 Å². The SMILES string of the molecule is Cl.Cl.Cl.NC[C@H]1CCC[C@H]1C(=O)NCCN1CCN(Cc2ccccc2)CC1. The number of halogens is 3. The highest BCUT2D eigenvalue weighted by molar-refractivity contribution is 5.86. The summed E-state index contributed by atoms with van der Waals surface area (Å²) < 4.78 is 0. The first-order valence-electron chi connectivity index (χ1n) is 9.72. The van der Waals surface area contributed by atoms with Crippen molar-refractivity contribution in [2.24, 2.45) is 17.6 Å². The maximum Gasteiger partial charge on any atom is 0.223 e. The Balaban J connectivity index is 0.00000243. The van der Waals surface area contributed by atoms with Crippen LogP contribution in [-0.2, 0) is 11.3 Å². The van der Waals surface area contributed by atoms with Gasteiger partial charge in [0, 0.05) is 51.7 Å². The first kappa shape index (κ1) is 27.4. The minimum Gasteiger partial charge on any atom is -0.355 e. The van der Waals surface area contributed by atoms with Crippen LogP contribution in [0.5, 0.6) is 0 Å². The Bertz CT molecular complexity index is 542. The Labute approximate surface area is 188 Å². The van der Waals surface area contributed by atoms with Gasteiger partial charge in [-0.15, -0.1) is 37.2 Å². The van der Waals surface area contributed by atoms with Gasteiger partial charge in [-0.25, -0.2) is 0 Å². The number of nitrogens with zero attached hydrogens (tertiary/aromatic N) is 2. The molecule has 1 heterocycles. The summed E-state index contributed by atoms with van der Waals surface area (Å²) >= 11 is 0. The summed E-state index contributed by atoms with van der Waals surface area (Å²) in [5.74, 6) is 0.755. The molecule has 1 saturated heterocycles. The second kappa shape index (κ2) is 14.4. The van der Waals surface area contributed by atoms with Crippen LogP contribution >= 0.6 is 37.2 Å². The highest BCUT2D eigenvalue weighted by Gasteiger charge is 2.31. The van der Waals surface area contributed by atoms with E-state index < -0.39 is 0 Å². The van der Waals surface area contributed by atoms with Crippen LogP contribution in [0.1, 0.15) is 24.8 Å². The number of piperazine rings is 1. The van der Waals surface area contributed by atoms with E-state index in [1.54, 1.807) is 0 Å². The third-order valence-corrected chi connectivity index (χ3v) is 5.74. The van der Waals surface area contributed by atoms with Gasteiger partial charge in [-0.1, -0.05) is 36.8 Å². The van der Waals surface area contributed by atoms with Crippen LogP contribution in [0.2, 0.25) is 0 Å². The molecule has 1 amide bonds. The zero-order valence-corrected chi connectivity index (χ0v) is 18.9. The highest BCUT2D eigenvalue weighted by Crippen LogP contribution is 2.30. The Morgan fingerprint density at radius 2 is 1.64 bits per heavy atom. The second-order valence-corrected chi connectivity index (χ2v) is 7.43. The van der Waals surface area contributed by atoms with Crippen molar-refractivity contribution in [2.75, 3.05) is 45.8 Å². The number of carbonyl (C=O) groups excluding carboxylic acids is 1. The van der Waals surface area contributed by atoms with E-state index in [1.807, 2.05) is 0 Å². The molecule has 1 aliphatic carbocycles. The van der Waals surface area contributed by atoms with E-state index >= 15 is 0 Å². The monoisotopic (exact) mass is 452 g/mol. The number of nitrogens with two attached hydrogens (primary N) is 1. The molecule has 2 fully saturated rings. The van der Waals surface area contributed by atoms with Crippen LogP contribution in [0.15, 0.2) is 30.3 Å². The Kier molecular flexibility index (Phi) is 14.1. The van der Waals surface area contributed by atoms with Gasteiger partial charge in [-0.2, -0.15) is 0 Å². The predicted molar refractivity (Wildman–Crippen MR) is 123 cm³/mol. The molecule has 3 rings (SSSR count). The van der Waals surface area contributed by atoms with Crippen molar-refractivity contribution in [1.82, 2.24) is 15.1 Å². The maximum atomic E-state index is 12.3. The maximum absolute atomic E-state index is 12.3. The summed E-state index contributed by atoms with van der Waals surface area (Å²) in [5, 5.41) is 3.14. The van der Waals surface area contributed by atoms with Gasteiger partial charge >= 0.3 is 0 Å². The summed E-state index contributed by atoms with van der Waals surface area (Å²) in [4.78, 5) is 17.3. The van der Waals surface area contributed by atoms with E-state index in [-0.39, 0.29) is 49.0 Å². The van der Waals surface area contributed by atoms with Gasteiger partial charge in [-0.3, -0.25) is 14.6 Å². The summed E-state index contributed by atoms with van der Waals surface area (Å²) in [7, 11) is 0. The molecule has 8 heteroatoms. The zero-order chi connectivity index (χ0) is 17.5. The van der Waals surface area contributed by atoms with E-state index in [0.29, 0.717) is 12.5 Å². The van der Waals surface area contributed by atoms with Crippen LogP contribution in [0, 0.1) is 11.8 Å². The standard InChI is InChI=1S/C20H32N4O.3ClH/c21-15-18-7-4-8-19(18)20(25)22-9-10-23-11-13-24(14-12-23)16-17-5-2-1-3-6-17;;;/h1-3,5-6,18-19H,4,7-16,21H2,(H,22,25);3*1H/t18-,19-;;;/m1.../s1. The minimum absolute atomic E-state index is 0. The summed E-state index contributed by atoms with van der Waals surface area (Å²) in [5.41, 5.74) is 7.17. The molecular weight excluding hydrogens is 419 g/mol. The van der Waals surface area contributed by atoms with Gasteiger partial charge in [0.2, 0.25) is 5.91 Å². The fourth-order valence-electron chi connectivity index (χ4n) is 4.15. The Morgan fingerprint density at radius 1 is 1.00 bits per heavy atom. The van der Waals surface area contributed by atoms with Gasteiger partial charge in [0.05, 0.1) is 0 Å². The number of rotatable bonds is 7. The zero-order valence-electron chi connectivity index (χ0n) is 16.4. The largest absolute Gasteiger partial charge is 0.355 e. The van der Waals surface area contributed by atoms with Gasteiger partial charge in [0.1, 0.15) is 0 Å². The number of benzene rings is 1. The normalized spacial score (nSPS) is 22.5. The molecule has 2 aliphatic rings. The minimum atomic E-state index is 0.